The number of nitrogens with zero attached hydrogens (tertiary/aromatic N) is 2. The Labute approximate surface area is 90.2 Å². The van der Waals surface area contributed by atoms with Gasteiger partial charge in [0.1, 0.15) is 0 Å². The SMILES string of the molecule is COCC(Cn1cncc1CCN)OC. The molecule has 86 valence electrons. The van der Waals surface area contributed by atoms with Gasteiger partial charge in [0.15, 0.2) is 0 Å². The molecule has 0 aromatic carbocycles. The van der Waals surface area contributed by atoms with Gasteiger partial charge in [0.25, 0.3) is 0 Å². The monoisotopic (exact) mass is 213 g/mol. The van der Waals surface area contributed by atoms with Crippen molar-refractivity contribution in [2.45, 2.75) is 19.1 Å². The number of rotatable bonds is 7. The molecule has 0 aliphatic rings. The summed E-state index contributed by atoms with van der Waals surface area (Å²) in [5, 5.41) is 0. The third kappa shape index (κ3) is 3.62. The van der Waals surface area contributed by atoms with E-state index in [9.17, 15) is 0 Å². The first kappa shape index (κ1) is 12.2. The summed E-state index contributed by atoms with van der Waals surface area (Å²) < 4.78 is 12.4. The normalized spacial score (nSPS) is 13.0. The number of ether oxygens (including phenoxy) is 2. The van der Waals surface area contributed by atoms with Crippen LogP contribution in [0.15, 0.2) is 12.5 Å². The highest BCUT2D eigenvalue weighted by atomic mass is 16.5. The average molecular weight is 213 g/mol. The molecule has 1 atom stereocenters. The molecular weight excluding hydrogens is 194 g/mol. The van der Waals surface area contributed by atoms with Crippen molar-refractivity contribution in [1.82, 2.24) is 9.55 Å². The van der Waals surface area contributed by atoms with Crippen molar-refractivity contribution in [1.29, 1.82) is 0 Å². The van der Waals surface area contributed by atoms with Crippen LogP contribution in [0.1, 0.15) is 5.69 Å². The van der Waals surface area contributed by atoms with E-state index in [1.807, 2.05) is 6.20 Å². The highest BCUT2D eigenvalue weighted by Gasteiger charge is 2.10. The van der Waals surface area contributed by atoms with Gasteiger partial charge in [0.2, 0.25) is 0 Å². The second-order valence-corrected chi connectivity index (χ2v) is 3.39. The van der Waals surface area contributed by atoms with Gasteiger partial charge in [-0.25, -0.2) is 4.98 Å². The summed E-state index contributed by atoms with van der Waals surface area (Å²) in [5.41, 5.74) is 6.65. The molecule has 1 aromatic rings. The number of aromatic nitrogens is 2. The third-order valence-corrected chi connectivity index (χ3v) is 2.29. The summed E-state index contributed by atoms with van der Waals surface area (Å²) in [6.07, 6.45) is 4.53. The van der Waals surface area contributed by atoms with Crippen LogP contribution in [-0.4, -0.2) is 43.0 Å². The lowest BCUT2D eigenvalue weighted by atomic mass is 10.3. The summed E-state index contributed by atoms with van der Waals surface area (Å²) in [5.74, 6) is 0. The van der Waals surface area contributed by atoms with Crippen LogP contribution in [-0.2, 0) is 22.4 Å². The maximum Gasteiger partial charge on any atom is 0.0983 e. The average Bonchev–Trinajstić information content (AvgIpc) is 2.66. The van der Waals surface area contributed by atoms with E-state index in [4.69, 9.17) is 15.2 Å². The number of hydrogen-bond donors (Lipinski definition) is 1. The molecule has 2 N–H and O–H groups in total. The molecule has 0 aliphatic carbocycles. The van der Waals surface area contributed by atoms with E-state index in [0.29, 0.717) is 13.2 Å². The van der Waals surface area contributed by atoms with Crippen LogP contribution in [0.4, 0.5) is 0 Å². The smallest absolute Gasteiger partial charge is 0.0983 e. The highest BCUT2D eigenvalue weighted by Crippen LogP contribution is 2.03. The molecule has 0 bridgehead atoms. The van der Waals surface area contributed by atoms with Gasteiger partial charge in [-0.1, -0.05) is 0 Å². The third-order valence-electron chi connectivity index (χ3n) is 2.29. The van der Waals surface area contributed by atoms with E-state index < -0.39 is 0 Å². The molecule has 1 aromatic heterocycles. The summed E-state index contributed by atoms with van der Waals surface area (Å²) >= 11 is 0. The number of hydrogen-bond acceptors (Lipinski definition) is 4. The molecule has 0 fully saturated rings. The number of nitrogens with two attached hydrogens (primary N) is 1. The van der Waals surface area contributed by atoms with Crippen LogP contribution in [0.3, 0.4) is 0 Å². The first-order chi connectivity index (χ1) is 7.31. The molecule has 1 rings (SSSR count). The lowest BCUT2D eigenvalue weighted by Crippen LogP contribution is -2.24. The predicted molar refractivity (Wildman–Crippen MR) is 57.7 cm³/mol. The van der Waals surface area contributed by atoms with Crippen molar-refractivity contribution in [3.63, 3.8) is 0 Å². The zero-order valence-electron chi connectivity index (χ0n) is 9.35. The molecule has 1 heterocycles. The van der Waals surface area contributed by atoms with Crippen LogP contribution in [0.25, 0.3) is 0 Å². The molecule has 5 nitrogen and oxygen atoms in total. The minimum atomic E-state index is 0.0562. The van der Waals surface area contributed by atoms with Gasteiger partial charge in [0, 0.05) is 32.5 Å². The molecule has 5 heteroatoms. The Morgan fingerprint density at radius 3 is 2.93 bits per heavy atom. The second kappa shape index (κ2) is 6.55. The van der Waals surface area contributed by atoms with E-state index in [1.54, 1.807) is 20.5 Å². The maximum absolute atomic E-state index is 5.51. The van der Waals surface area contributed by atoms with Crippen LogP contribution in [0, 0.1) is 0 Å². The largest absolute Gasteiger partial charge is 0.382 e. The molecule has 0 saturated carbocycles. The van der Waals surface area contributed by atoms with Gasteiger partial charge < -0.3 is 19.8 Å². The molecule has 1 unspecified atom stereocenters. The number of methoxy groups -OCH3 is 2. The first-order valence-electron chi connectivity index (χ1n) is 5.02. The van der Waals surface area contributed by atoms with Crippen LogP contribution >= 0.6 is 0 Å². The lowest BCUT2D eigenvalue weighted by molar-refractivity contribution is 0.0179. The van der Waals surface area contributed by atoms with Gasteiger partial charge in [-0.15, -0.1) is 0 Å². The van der Waals surface area contributed by atoms with Crippen molar-refractivity contribution in [2.24, 2.45) is 5.73 Å². The summed E-state index contributed by atoms with van der Waals surface area (Å²) in [6, 6.07) is 0. The van der Waals surface area contributed by atoms with E-state index in [0.717, 1.165) is 18.7 Å². The molecule has 15 heavy (non-hydrogen) atoms. The maximum atomic E-state index is 5.51. The van der Waals surface area contributed by atoms with E-state index in [-0.39, 0.29) is 6.10 Å². The fourth-order valence-corrected chi connectivity index (χ4v) is 1.47. The van der Waals surface area contributed by atoms with Crippen molar-refractivity contribution < 1.29 is 9.47 Å². The minimum absolute atomic E-state index is 0.0562. The fourth-order valence-electron chi connectivity index (χ4n) is 1.47. The standard InChI is InChI=1S/C10H19N3O2/c1-14-7-10(15-2)6-13-8-12-5-9(13)3-4-11/h5,8,10H,3-4,6-7,11H2,1-2H3. The summed E-state index contributed by atoms with van der Waals surface area (Å²) in [7, 11) is 3.35. The van der Waals surface area contributed by atoms with E-state index in [2.05, 4.69) is 9.55 Å². The minimum Gasteiger partial charge on any atom is -0.382 e. The lowest BCUT2D eigenvalue weighted by Gasteiger charge is -2.16. The van der Waals surface area contributed by atoms with E-state index >= 15 is 0 Å². The molecule has 0 spiro atoms. The van der Waals surface area contributed by atoms with Gasteiger partial charge in [-0.2, -0.15) is 0 Å². The Morgan fingerprint density at radius 2 is 2.33 bits per heavy atom. The molecule has 0 saturated heterocycles. The zero-order chi connectivity index (χ0) is 11.1. The molecule has 0 amide bonds. The van der Waals surface area contributed by atoms with Crippen LogP contribution in [0.2, 0.25) is 0 Å². The van der Waals surface area contributed by atoms with Crippen molar-refractivity contribution in [2.75, 3.05) is 27.4 Å². The second-order valence-electron chi connectivity index (χ2n) is 3.39. The van der Waals surface area contributed by atoms with Gasteiger partial charge in [0.05, 0.1) is 25.6 Å². The zero-order valence-corrected chi connectivity index (χ0v) is 9.35. The quantitative estimate of drug-likeness (QED) is 0.695. The molecule has 0 radical (unpaired) electrons. The van der Waals surface area contributed by atoms with E-state index in [1.165, 1.54) is 0 Å². The Morgan fingerprint density at radius 1 is 1.53 bits per heavy atom. The predicted octanol–water partition coefficient (Wildman–Crippen LogP) is 0.0457. The van der Waals surface area contributed by atoms with Crippen molar-refractivity contribution in [3.05, 3.63) is 18.2 Å². The first-order valence-corrected chi connectivity index (χ1v) is 5.02. The molecule has 0 aliphatic heterocycles. The Hall–Kier alpha value is -0.910. The van der Waals surface area contributed by atoms with Crippen molar-refractivity contribution >= 4 is 0 Å². The summed E-state index contributed by atoms with van der Waals surface area (Å²) in [6.45, 7) is 1.96. The van der Waals surface area contributed by atoms with Crippen LogP contribution in [0.5, 0.6) is 0 Å². The topological polar surface area (TPSA) is 62.3 Å². The Kier molecular flexibility index (Phi) is 5.31. The van der Waals surface area contributed by atoms with Gasteiger partial charge in [-0.05, 0) is 6.54 Å². The summed E-state index contributed by atoms with van der Waals surface area (Å²) in [4.78, 5) is 4.10. The Balaban J connectivity index is 2.57. The fraction of sp³-hybridized carbons (Fsp3) is 0.700. The number of imidazole rings is 1. The van der Waals surface area contributed by atoms with Crippen LogP contribution < -0.4 is 5.73 Å². The van der Waals surface area contributed by atoms with Gasteiger partial charge >= 0.3 is 0 Å². The highest BCUT2D eigenvalue weighted by molar-refractivity contribution is 4.99. The Bertz CT molecular complexity index is 275. The van der Waals surface area contributed by atoms with Gasteiger partial charge in [-0.3, -0.25) is 0 Å². The van der Waals surface area contributed by atoms with Crippen molar-refractivity contribution in [3.8, 4) is 0 Å². The molecular formula is C10H19N3O2.